The van der Waals surface area contributed by atoms with Gasteiger partial charge in [0.2, 0.25) is 0 Å². The van der Waals surface area contributed by atoms with E-state index in [0.29, 0.717) is 28.0 Å². The Balaban J connectivity index is 2.09. The molecule has 0 spiro atoms. The van der Waals surface area contributed by atoms with Gasteiger partial charge in [-0.05, 0) is 31.4 Å². The van der Waals surface area contributed by atoms with Crippen molar-refractivity contribution in [2.45, 2.75) is 24.9 Å². The van der Waals surface area contributed by atoms with Gasteiger partial charge in [-0.1, -0.05) is 23.2 Å². The maximum Gasteiger partial charge on any atom is 0.0819 e. The maximum absolute atomic E-state index is 9.93. The van der Waals surface area contributed by atoms with Crippen LogP contribution in [-0.4, -0.2) is 17.3 Å². The molecule has 1 aliphatic carbocycles. The lowest BCUT2D eigenvalue weighted by Gasteiger charge is -2.37. The minimum Gasteiger partial charge on any atom is -0.399 e. The molecule has 0 heterocycles. The Kier molecular flexibility index (Phi) is 3.19. The molecule has 0 bridgehead atoms. The quantitative estimate of drug-likeness (QED) is 0.733. The highest BCUT2D eigenvalue weighted by Crippen LogP contribution is 2.36. The Hall–Kier alpha value is -0.640. The molecule has 5 heteroatoms. The summed E-state index contributed by atoms with van der Waals surface area (Å²) in [6, 6.07) is 3.28. The summed E-state index contributed by atoms with van der Waals surface area (Å²) in [5, 5.41) is 14.0. The molecule has 0 radical (unpaired) electrons. The first-order chi connectivity index (χ1) is 7.50. The van der Waals surface area contributed by atoms with Crippen LogP contribution in [0.2, 0.25) is 10.0 Å². The Morgan fingerprint density at radius 2 is 1.88 bits per heavy atom. The maximum atomic E-state index is 9.93. The van der Waals surface area contributed by atoms with Crippen LogP contribution in [0.4, 0.5) is 11.4 Å². The van der Waals surface area contributed by atoms with Gasteiger partial charge in [0.15, 0.2) is 0 Å². The van der Waals surface area contributed by atoms with Gasteiger partial charge in [-0.25, -0.2) is 0 Å². The molecule has 0 aliphatic heterocycles. The zero-order valence-corrected chi connectivity index (χ0v) is 10.3. The van der Waals surface area contributed by atoms with Gasteiger partial charge in [0.1, 0.15) is 0 Å². The molecule has 1 fully saturated rings. The van der Waals surface area contributed by atoms with Crippen LogP contribution < -0.4 is 11.1 Å². The fourth-order valence-corrected chi connectivity index (χ4v) is 2.41. The van der Waals surface area contributed by atoms with E-state index in [0.717, 1.165) is 19.3 Å². The van der Waals surface area contributed by atoms with E-state index in [-0.39, 0.29) is 0 Å². The lowest BCUT2D eigenvalue weighted by Crippen LogP contribution is -2.43. The van der Waals surface area contributed by atoms with E-state index < -0.39 is 5.60 Å². The number of nitrogens with one attached hydrogen (secondary N) is 1. The van der Waals surface area contributed by atoms with Gasteiger partial charge in [0.05, 0.1) is 21.3 Å². The topological polar surface area (TPSA) is 58.3 Å². The number of hydrogen-bond acceptors (Lipinski definition) is 3. The van der Waals surface area contributed by atoms with Crippen LogP contribution in [0, 0.1) is 0 Å². The van der Waals surface area contributed by atoms with E-state index in [1.165, 1.54) is 0 Å². The number of benzene rings is 1. The van der Waals surface area contributed by atoms with Crippen LogP contribution in [0.15, 0.2) is 12.1 Å². The number of nitrogen functional groups attached to an aromatic ring is 1. The zero-order valence-electron chi connectivity index (χ0n) is 8.76. The highest BCUT2D eigenvalue weighted by molar-refractivity contribution is 6.39. The van der Waals surface area contributed by atoms with E-state index in [4.69, 9.17) is 28.9 Å². The molecule has 1 aromatic rings. The van der Waals surface area contributed by atoms with Crippen LogP contribution in [-0.2, 0) is 0 Å². The highest BCUT2D eigenvalue weighted by atomic mass is 35.5. The number of nitrogens with two attached hydrogens (primary N) is 1. The zero-order chi connectivity index (χ0) is 11.8. The minimum absolute atomic E-state index is 0.469. The lowest BCUT2D eigenvalue weighted by atomic mass is 9.80. The Morgan fingerprint density at radius 1 is 1.31 bits per heavy atom. The van der Waals surface area contributed by atoms with E-state index >= 15 is 0 Å². The van der Waals surface area contributed by atoms with Gasteiger partial charge in [-0.15, -0.1) is 0 Å². The summed E-state index contributed by atoms with van der Waals surface area (Å²) in [6.07, 6.45) is 2.72. The van der Waals surface area contributed by atoms with Crippen molar-refractivity contribution in [3.63, 3.8) is 0 Å². The summed E-state index contributed by atoms with van der Waals surface area (Å²) in [4.78, 5) is 0. The summed E-state index contributed by atoms with van der Waals surface area (Å²) in [5.41, 5.74) is 6.17. The number of aliphatic hydroxyl groups is 1. The van der Waals surface area contributed by atoms with Crippen LogP contribution in [0.25, 0.3) is 0 Å². The molecule has 16 heavy (non-hydrogen) atoms. The summed E-state index contributed by atoms with van der Waals surface area (Å²) in [5.74, 6) is 0. The van der Waals surface area contributed by atoms with Crippen molar-refractivity contribution in [1.29, 1.82) is 0 Å². The number of anilines is 2. The molecule has 0 saturated heterocycles. The molecule has 88 valence electrons. The summed E-state index contributed by atoms with van der Waals surface area (Å²) < 4.78 is 0. The number of hydrogen-bond donors (Lipinski definition) is 3. The standard InChI is InChI=1S/C11H14Cl2N2O/c12-8-4-7(14)5-9(13)10(8)15-6-11(16)2-1-3-11/h4-5,15-16H,1-3,6,14H2. The van der Waals surface area contributed by atoms with Crippen molar-refractivity contribution in [3.05, 3.63) is 22.2 Å². The molecule has 3 nitrogen and oxygen atoms in total. The first-order valence-corrected chi connectivity index (χ1v) is 5.97. The minimum atomic E-state index is -0.603. The first kappa shape index (κ1) is 11.8. The summed E-state index contributed by atoms with van der Waals surface area (Å²) >= 11 is 12.0. The second-order valence-corrected chi connectivity index (χ2v) is 5.11. The van der Waals surface area contributed by atoms with Crippen molar-refractivity contribution < 1.29 is 5.11 Å². The molecule has 0 aromatic heterocycles. The van der Waals surface area contributed by atoms with Crippen LogP contribution >= 0.6 is 23.2 Å². The first-order valence-electron chi connectivity index (χ1n) is 5.21. The van der Waals surface area contributed by atoms with Gasteiger partial charge < -0.3 is 16.2 Å². The Bertz CT molecular complexity index is 382. The van der Waals surface area contributed by atoms with E-state index in [2.05, 4.69) is 5.32 Å². The van der Waals surface area contributed by atoms with Crippen LogP contribution in [0.3, 0.4) is 0 Å². The number of halogens is 2. The van der Waals surface area contributed by atoms with Gasteiger partial charge in [-0.2, -0.15) is 0 Å². The molecular weight excluding hydrogens is 247 g/mol. The highest BCUT2D eigenvalue weighted by Gasteiger charge is 2.34. The molecule has 0 unspecified atom stereocenters. The third-order valence-electron chi connectivity index (χ3n) is 2.94. The molecule has 2 rings (SSSR count). The predicted octanol–water partition coefficient (Wildman–Crippen LogP) is 2.90. The molecular formula is C11H14Cl2N2O. The lowest BCUT2D eigenvalue weighted by molar-refractivity contribution is -0.0201. The molecule has 4 N–H and O–H groups in total. The van der Waals surface area contributed by atoms with Crippen molar-refractivity contribution >= 4 is 34.6 Å². The summed E-state index contributed by atoms with van der Waals surface area (Å²) in [6.45, 7) is 0.469. The Labute approximate surface area is 105 Å². The largest absolute Gasteiger partial charge is 0.399 e. The average Bonchev–Trinajstić information content (AvgIpc) is 2.13. The van der Waals surface area contributed by atoms with Crippen molar-refractivity contribution in [2.75, 3.05) is 17.6 Å². The second kappa shape index (κ2) is 4.32. The monoisotopic (exact) mass is 260 g/mol. The second-order valence-electron chi connectivity index (χ2n) is 4.29. The van der Waals surface area contributed by atoms with Gasteiger partial charge in [0.25, 0.3) is 0 Å². The van der Waals surface area contributed by atoms with Crippen LogP contribution in [0.1, 0.15) is 19.3 Å². The van der Waals surface area contributed by atoms with E-state index in [1.54, 1.807) is 12.1 Å². The molecule has 1 aromatic carbocycles. The fraction of sp³-hybridized carbons (Fsp3) is 0.455. The molecule has 0 amide bonds. The fourth-order valence-electron chi connectivity index (χ4n) is 1.78. The van der Waals surface area contributed by atoms with Gasteiger partial charge in [-0.3, -0.25) is 0 Å². The Morgan fingerprint density at radius 3 is 2.31 bits per heavy atom. The predicted molar refractivity (Wildman–Crippen MR) is 68.2 cm³/mol. The van der Waals surface area contributed by atoms with E-state index in [9.17, 15) is 5.11 Å². The van der Waals surface area contributed by atoms with E-state index in [1.807, 2.05) is 0 Å². The average molecular weight is 261 g/mol. The third kappa shape index (κ3) is 2.37. The SMILES string of the molecule is Nc1cc(Cl)c(NCC2(O)CCC2)c(Cl)c1. The van der Waals surface area contributed by atoms with Crippen LogP contribution in [0.5, 0.6) is 0 Å². The molecule has 0 atom stereocenters. The number of rotatable bonds is 3. The smallest absolute Gasteiger partial charge is 0.0819 e. The van der Waals surface area contributed by atoms with Gasteiger partial charge in [0, 0.05) is 12.2 Å². The normalized spacial score (nSPS) is 17.9. The van der Waals surface area contributed by atoms with Crippen molar-refractivity contribution in [2.24, 2.45) is 0 Å². The summed E-state index contributed by atoms with van der Waals surface area (Å²) in [7, 11) is 0. The molecule has 1 aliphatic rings. The van der Waals surface area contributed by atoms with Crippen molar-refractivity contribution in [1.82, 2.24) is 0 Å². The van der Waals surface area contributed by atoms with Crippen molar-refractivity contribution in [3.8, 4) is 0 Å². The molecule has 1 saturated carbocycles. The third-order valence-corrected chi connectivity index (χ3v) is 3.54. The van der Waals surface area contributed by atoms with Gasteiger partial charge >= 0.3 is 0 Å².